The summed E-state index contributed by atoms with van der Waals surface area (Å²) >= 11 is 0. The maximum atomic E-state index is 12.5. The molecule has 18 heavy (non-hydrogen) atoms. The lowest BCUT2D eigenvalue weighted by atomic mass is 9.86. The van der Waals surface area contributed by atoms with Crippen LogP contribution in [0.3, 0.4) is 0 Å². The van der Waals surface area contributed by atoms with Gasteiger partial charge in [-0.1, -0.05) is 6.07 Å². The number of aliphatic hydroxyl groups is 1. The highest BCUT2D eigenvalue weighted by atomic mass is 19.4. The molecule has 102 valence electrons. The predicted molar refractivity (Wildman–Crippen MR) is 63.2 cm³/mol. The number of alkyl halides is 3. The molecule has 0 aromatic carbocycles. The van der Waals surface area contributed by atoms with E-state index in [2.05, 4.69) is 10.3 Å². The quantitative estimate of drug-likeness (QED) is 0.880. The van der Waals surface area contributed by atoms with Crippen molar-refractivity contribution in [3.8, 4) is 0 Å². The first-order chi connectivity index (χ1) is 7.93. The molecule has 3 nitrogen and oxygen atoms in total. The molecular formula is C12H17F3N2O. The Morgan fingerprint density at radius 3 is 2.11 bits per heavy atom. The Morgan fingerprint density at radius 2 is 1.67 bits per heavy atom. The molecule has 0 radical (unpaired) electrons. The molecule has 1 rings (SSSR count). The number of nitrogens with zero attached hydrogens (tertiary/aromatic N) is 1. The largest absolute Gasteiger partial charge is 0.433 e. The standard InChI is InChI=1S/C12H17F3N2O/c1-10(2,11(3,4)18)17-9-7-5-6-8(16-9)12(13,14)15/h5-7,18H,1-4H3,(H,16,17). The lowest BCUT2D eigenvalue weighted by Gasteiger charge is -2.38. The van der Waals surface area contributed by atoms with Crippen molar-refractivity contribution in [2.24, 2.45) is 0 Å². The van der Waals surface area contributed by atoms with Gasteiger partial charge in [-0.05, 0) is 39.8 Å². The van der Waals surface area contributed by atoms with Crippen LogP contribution < -0.4 is 5.32 Å². The van der Waals surface area contributed by atoms with E-state index in [-0.39, 0.29) is 5.82 Å². The van der Waals surface area contributed by atoms with Crippen molar-refractivity contribution in [3.63, 3.8) is 0 Å². The number of anilines is 1. The summed E-state index contributed by atoms with van der Waals surface area (Å²) in [6, 6.07) is 3.61. The van der Waals surface area contributed by atoms with Gasteiger partial charge < -0.3 is 10.4 Å². The second-order valence-electron chi connectivity index (χ2n) is 5.21. The Bertz CT molecular complexity index is 422. The molecule has 0 bridgehead atoms. The van der Waals surface area contributed by atoms with Gasteiger partial charge in [0.15, 0.2) is 0 Å². The molecular weight excluding hydrogens is 245 g/mol. The van der Waals surface area contributed by atoms with Crippen LogP contribution in [0.4, 0.5) is 19.0 Å². The molecule has 0 atom stereocenters. The van der Waals surface area contributed by atoms with Crippen molar-refractivity contribution in [2.75, 3.05) is 5.32 Å². The van der Waals surface area contributed by atoms with Crippen molar-refractivity contribution in [1.82, 2.24) is 4.98 Å². The SMILES string of the molecule is CC(C)(O)C(C)(C)Nc1cccc(C(F)(F)F)n1. The zero-order valence-electron chi connectivity index (χ0n) is 10.8. The Hall–Kier alpha value is -1.30. The van der Waals surface area contributed by atoms with Crippen LogP contribution in [-0.4, -0.2) is 21.2 Å². The first-order valence-electron chi connectivity index (χ1n) is 5.48. The number of rotatable bonds is 3. The van der Waals surface area contributed by atoms with Crippen LogP contribution in [0, 0.1) is 0 Å². The van der Waals surface area contributed by atoms with Gasteiger partial charge in [0.25, 0.3) is 0 Å². The van der Waals surface area contributed by atoms with Gasteiger partial charge in [0.2, 0.25) is 0 Å². The second-order valence-corrected chi connectivity index (χ2v) is 5.21. The molecule has 1 aromatic heterocycles. The van der Waals surface area contributed by atoms with Crippen LogP contribution in [-0.2, 0) is 6.18 Å². The van der Waals surface area contributed by atoms with Crippen molar-refractivity contribution in [2.45, 2.75) is 45.0 Å². The average Bonchev–Trinajstić information content (AvgIpc) is 2.14. The molecule has 0 aliphatic carbocycles. The summed E-state index contributed by atoms with van der Waals surface area (Å²) in [5, 5.41) is 12.7. The summed E-state index contributed by atoms with van der Waals surface area (Å²) in [7, 11) is 0. The number of nitrogens with one attached hydrogen (secondary N) is 1. The lowest BCUT2D eigenvalue weighted by molar-refractivity contribution is -0.141. The van der Waals surface area contributed by atoms with Gasteiger partial charge in [0.05, 0.1) is 11.1 Å². The van der Waals surface area contributed by atoms with Crippen molar-refractivity contribution >= 4 is 5.82 Å². The van der Waals surface area contributed by atoms with Crippen molar-refractivity contribution in [3.05, 3.63) is 23.9 Å². The van der Waals surface area contributed by atoms with E-state index in [4.69, 9.17) is 0 Å². The summed E-state index contributed by atoms with van der Waals surface area (Å²) in [6.07, 6.45) is -4.48. The molecule has 0 aliphatic heterocycles. The van der Waals surface area contributed by atoms with Crippen molar-refractivity contribution in [1.29, 1.82) is 0 Å². The summed E-state index contributed by atoms with van der Waals surface area (Å²) in [6.45, 7) is 6.53. The van der Waals surface area contributed by atoms with E-state index in [1.807, 2.05) is 0 Å². The molecule has 0 spiro atoms. The van der Waals surface area contributed by atoms with Gasteiger partial charge in [0, 0.05) is 0 Å². The van der Waals surface area contributed by atoms with Gasteiger partial charge in [-0.3, -0.25) is 0 Å². The minimum Gasteiger partial charge on any atom is -0.388 e. The lowest BCUT2D eigenvalue weighted by Crippen LogP contribution is -2.51. The number of aromatic nitrogens is 1. The summed E-state index contributed by atoms with van der Waals surface area (Å²) < 4.78 is 37.5. The molecule has 0 aliphatic rings. The van der Waals surface area contributed by atoms with Crippen LogP contribution in [0.25, 0.3) is 0 Å². The highest BCUT2D eigenvalue weighted by Gasteiger charge is 2.36. The third-order valence-corrected chi connectivity index (χ3v) is 3.01. The fourth-order valence-electron chi connectivity index (χ4n) is 1.14. The topological polar surface area (TPSA) is 45.1 Å². The number of hydrogen-bond donors (Lipinski definition) is 2. The number of pyridine rings is 1. The minimum absolute atomic E-state index is 0.0805. The van der Waals surface area contributed by atoms with Gasteiger partial charge in [-0.25, -0.2) is 4.98 Å². The Morgan fingerprint density at radius 1 is 1.11 bits per heavy atom. The molecule has 0 saturated carbocycles. The maximum Gasteiger partial charge on any atom is 0.433 e. The van der Waals surface area contributed by atoms with E-state index in [0.717, 1.165) is 6.07 Å². The highest BCUT2D eigenvalue weighted by molar-refractivity contribution is 5.39. The third kappa shape index (κ3) is 3.35. The number of halogens is 3. The van der Waals surface area contributed by atoms with Gasteiger partial charge in [-0.2, -0.15) is 13.2 Å². The van der Waals surface area contributed by atoms with E-state index >= 15 is 0 Å². The Labute approximate surface area is 104 Å². The normalized spacial score (nSPS) is 13.6. The Balaban J connectivity index is 3.00. The van der Waals surface area contributed by atoms with Crippen LogP contribution in [0.5, 0.6) is 0 Å². The molecule has 6 heteroatoms. The molecule has 1 aromatic rings. The smallest absolute Gasteiger partial charge is 0.388 e. The summed E-state index contributed by atoms with van der Waals surface area (Å²) in [4.78, 5) is 3.50. The third-order valence-electron chi connectivity index (χ3n) is 3.01. The molecule has 0 amide bonds. The number of hydrogen-bond acceptors (Lipinski definition) is 3. The van der Waals surface area contributed by atoms with E-state index in [1.54, 1.807) is 27.7 Å². The summed E-state index contributed by atoms with van der Waals surface area (Å²) in [5.74, 6) is 0.0805. The predicted octanol–water partition coefficient (Wildman–Crippen LogP) is 3.06. The van der Waals surface area contributed by atoms with Crippen LogP contribution in [0.1, 0.15) is 33.4 Å². The zero-order valence-corrected chi connectivity index (χ0v) is 10.8. The Kier molecular flexibility index (Phi) is 3.63. The van der Waals surface area contributed by atoms with E-state index < -0.39 is 23.0 Å². The molecule has 0 fully saturated rings. The summed E-state index contributed by atoms with van der Waals surface area (Å²) in [5.41, 5.74) is -2.88. The van der Waals surface area contributed by atoms with Gasteiger partial charge in [0.1, 0.15) is 11.5 Å². The van der Waals surface area contributed by atoms with Gasteiger partial charge >= 0.3 is 6.18 Å². The minimum atomic E-state index is -4.48. The zero-order chi connectivity index (χ0) is 14.2. The van der Waals surface area contributed by atoms with Crippen LogP contribution in [0.2, 0.25) is 0 Å². The first kappa shape index (κ1) is 14.8. The van der Waals surface area contributed by atoms with Crippen LogP contribution in [0.15, 0.2) is 18.2 Å². The van der Waals surface area contributed by atoms with E-state index in [1.165, 1.54) is 12.1 Å². The maximum absolute atomic E-state index is 12.5. The molecule has 2 N–H and O–H groups in total. The van der Waals surface area contributed by atoms with Crippen LogP contribution >= 0.6 is 0 Å². The monoisotopic (exact) mass is 262 g/mol. The highest BCUT2D eigenvalue weighted by Crippen LogP contribution is 2.30. The molecule has 0 unspecified atom stereocenters. The second kappa shape index (κ2) is 4.42. The van der Waals surface area contributed by atoms with E-state index in [0.29, 0.717) is 0 Å². The fraction of sp³-hybridized carbons (Fsp3) is 0.583. The van der Waals surface area contributed by atoms with Crippen molar-refractivity contribution < 1.29 is 18.3 Å². The molecule has 1 heterocycles. The van der Waals surface area contributed by atoms with E-state index in [9.17, 15) is 18.3 Å². The average molecular weight is 262 g/mol. The van der Waals surface area contributed by atoms with Gasteiger partial charge in [-0.15, -0.1) is 0 Å². The molecule has 0 saturated heterocycles. The fourth-order valence-corrected chi connectivity index (χ4v) is 1.14. The first-order valence-corrected chi connectivity index (χ1v) is 5.48.